The predicted molar refractivity (Wildman–Crippen MR) is 115 cm³/mol. The van der Waals surface area contributed by atoms with E-state index < -0.39 is 0 Å². The average molecular weight is 467 g/mol. The van der Waals surface area contributed by atoms with Gasteiger partial charge in [-0.3, -0.25) is 5.43 Å². The summed E-state index contributed by atoms with van der Waals surface area (Å²) in [7, 11) is 1.64. The zero-order valence-corrected chi connectivity index (χ0v) is 17.9. The minimum absolute atomic E-state index is 0.351. The Morgan fingerprint density at radius 2 is 2.07 bits per heavy atom. The van der Waals surface area contributed by atoms with Crippen LogP contribution in [0.4, 0.5) is 5.13 Å². The Hall–Kier alpha value is -2.09. The van der Waals surface area contributed by atoms with Gasteiger partial charge in [0.25, 0.3) is 0 Å². The molecule has 0 atom stereocenters. The molecule has 8 heteroatoms. The number of hydrazone groups is 1. The summed E-state index contributed by atoms with van der Waals surface area (Å²) >= 11 is 10.9. The van der Waals surface area contributed by atoms with Gasteiger partial charge in [-0.25, -0.2) is 4.98 Å². The third-order valence-corrected chi connectivity index (χ3v) is 5.29. The molecule has 0 amide bonds. The van der Waals surface area contributed by atoms with Crippen LogP contribution in [0.25, 0.3) is 0 Å². The molecule has 0 spiro atoms. The van der Waals surface area contributed by atoms with Crippen LogP contribution < -0.4 is 14.9 Å². The number of anilines is 1. The molecule has 0 aliphatic heterocycles. The Morgan fingerprint density at radius 3 is 2.78 bits per heavy atom. The number of aryl methyl sites for hydroxylation is 1. The van der Waals surface area contributed by atoms with E-state index in [0.717, 1.165) is 32.2 Å². The Bertz CT molecular complexity index is 962. The van der Waals surface area contributed by atoms with Crippen LogP contribution in [0.5, 0.6) is 11.5 Å². The van der Waals surface area contributed by atoms with Crippen molar-refractivity contribution in [2.45, 2.75) is 13.5 Å². The molecular weight excluding hydrogens is 450 g/mol. The molecule has 0 bridgehead atoms. The van der Waals surface area contributed by atoms with E-state index in [1.54, 1.807) is 25.5 Å². The molecule has 3 rings (SSSR count). The third-order valence-electron chi connectivity index (χ3n) is 3.57. The lowest BCUT2D eigenvalue weighted by Gasteiger charge is -2.12. The Labute approximate surface area is 175 Å². The van der Waals surface area contributed by atoms with E-state index >= 15 is 0 Å². The molecular formula is C19H17BrClN3O2S. The lowest BCUT2D eigenvalue weighted by atomic mass is 10.1. The molecule has 1 heterocycles. The van der Waals surface area contributed by atoms with E-state index in [0.29, 0.717) is 17.4 Å². The van der Waals surface area contributed by atoms with Crippen molar-refractivity contribution < 1.29 is 9.47 Å². The summed E-state index contributed by atoms with van der Waals surface area (Å²) in [6.45, 7) is 2.30. The van der Waals surface area contributed by atoms with Crippen molar-refractivity contribution in [1.29, 1.82) is 0 Å². The van der Waals surface area contributed by atoms with Crippen LogP contribution in [0.15, 0.2) is 51.4 Å². The number of hydrogen-bond donors (Lipinski definition) is 1. The highest BCUT2D eigenvalue weighted by Gasteiger charge is 2.07. The summed E-state index contributed by atoms with van der Waals surface area (Å²) in [6.07, 6.45) is 1.73. The second kappa shape index (κ2) is 9.21. The molecule has 0 fully saturated rings. The van der Waals surface area contributed by atoms with Crippen molar-refractivity contribution >= 4 is 50.2 Å². The van der Waals surface area contributed by atoms with Crippen molar-refractivity contribution in [3.63, 3.8) is 0 Å². The van der Waals surface area contributed by atoms with Gasteiger partial charge in [0, 0.05) is 16.0 Å². The number of ether oxygens (including phenoxy) is 2. The first-order valence-corrected chi connectivity index (χ1v) is 10.1. The average Bonchev–Trinajstić information content (AvgIpc) is 3.06. The van der Waals surface area contributed by atoms with Gasteiger partial charge in [0.05, 0.1) is 23.5 Å². The number of benzene rings is 2. The molecule has 0 aliphatic carbocycles. The Balaban J connectivity index is 1.70. The topological polar surface area (TPSA) is 55.7 Å². The third kappa shape index (κ3) is 5.45. The van der Waals surface area contributed by atoms with Gasteiger partial charge in [0.1, 0.15) is 18.1 Å². The van der Waals surface area contributed by atoms with Crippen molar-refractivity contribution in [1.82, 2.24) is 4.98 Å². The molecule has 140 valence electrons. The van der Waals surface area contributed by atoms with Crippen LogP contribution >= 0.6 is 38.9 Å². The van der Waals surface area contributed by atoms with Crippen molar-refractivity contribution in [3.8, 4) is 11.5 Å². The van der Waals surface area contributed by atoms with Crippen LogP contribution in [0.2, 0.25) is 5.02 Å². The zero-order chi connectivity index (χ0) is 19.2. The van der Waals surface area contributed by atoms with Crippen molar-refractivity contribution in [3.05, 3.63) is 68.1 Å². The Kier molecular flexibility index (Phi) is 6.71. The summed E-state index contributed by atoms with van der Waals surface area (Å²) < 4.78 is 12.1. The van der Waals surface area contributed by atoms with E-state index in [9.17, 15) is 0 Å². The first-order chi connectivity index (χ1) is 13.0. The summed E-state index contributed by atoms with van der Waals surface area (Å²) in [5.41, 5.74) is 5.73. The van der Waals surface area contributed by atoms with Gasteiger partial charge in [0.2, 0.25) is 5.13 Å². The number of thiazole rings is 1. The smallest absolute Gasteiger partial charge is 0.203 e. The molecule has 1 aromatic heterocycles. The second-order valence-corrected chi connectivity index (χ2v) is 7.75. The highest BCUT2D eigenvalue weighted by Crippen LogP contribution is 2.30. The zero-order valence-electron chi connectivity index (χ0n) is 14.7. The van der Waals surface area contributed by atoms with E-state index in [-0.39, 0.29) is 0 Å². The number of nitrogens with zero attached hydrogens (tertiary/aromatic N) is 2. The molecule has 1 N–H and O–H groups in total. The normalized spacial score (nSPS) is 11.0. The lowest BCUT2D eigenvalue weighted by Crippen LogP contribution is -2.01. The van der Waals surface area contributed by atoms with Crippen LogP contribution in [0, 0.1) is 6.92 Å². The fraction of sp³-hybridized carbons (Fsp3) is 0.158. The first kappa shape index (κ1) is 19.7. The number of aromatic nitrogens is 1. The largest absolute Gasteiger partial charge is 0.496 e. The van der Waals surface area contributed by atoms with Gasteiger partial charge in [-0.15, -0.1) is 11.3 Å². The van der Waals surface area contributed by atoms with Crippen LogP contribution in [0.3, 0.4) is 0 Å². The van der Waals surface area contributed by atoms with Gasteiger partial charge in [-0.1, -0.05) is 11.6 Å². The number of hydrogen-bond acceptors (Lipinski definition) is 6. The van der Waals surface area contributed by atoms with Gasteiger partial charge < -0.3 is 9.47 Å². The maximum absolute atomic E-state index is 5.97. The summed E-state index contributed by atoms with van der Waals surface area (Å²) in [4.78, 5) is 4.30. The number of nitrogens with one attached hydrogen (secondary N) is 1. The van der Waals surface area contributed by atoms with E-state index in [4.69, 9.17) is 21.1 Å². The molecule has 2 aromatic carbocycles. The summed E-state index contributed by atoms with van der Waals surface area (Å²) in [5.74, 6) is 1.46. The predicted octanol–water partition coefficient (Wildman–Crippen LogP) is 5.90. The minimum atomic E-state index is 0.351. The SMILES string of the molecule is COc1ccc(C=NNc2nc(C)cs2)cc1COc1ccc(Cl)cc1Br. The van der Waals surface area contributed by atoms with Crippen molar-refractivity contribution in [2.75, 3.05) is 12.5 Å². The monoisotopic (exact) mass is 465 g/mol. The molecule has 0 radical (unpaired) electrons. The number of rotatable bonds is 7. The molecule has 0 saturated carbocycles. The van der Waals surface area contributed by atoms with Gasteiger partial charge in [-0.2, -0.15) is 5.10 Å². The van der Waals surface area contributed by atoms with Crippen molar-refractivity contribution in [2.24, 2.45) is 5.10 Å². The first-order valence-electron chi connectivity index (χ1n) is 8.01. The summed E-state index contributed by atoms with van der Waals surface area (Å²) in [6, 6.07) is 11.2. The maximum atomic E-state index is 5.97. The molecule has 0 aliphatic rings. The van der Waals surface area contributed by atoms with Gasteiger partial charge in [-0.05, 0) is 64.8 Å². The van der Waals surface area contributed by atoms with E-state index in [1.807, 2.05) is 36.6 Å². The van der Waals surface area contributed by atoms with E-state index in [1.165, 1.54) is 11.3 Å². The Morgan fingerprint density at radius 1 is 1.26 bits per heavy atom. The molecule has 0 saturated heterocycles. The number of halogens is 2. The van der Waals surface area contributed by atoms with Crippen LogP contribution in [-0.2, 0) is 6.61 Å². The fourth-order valence-electron chi connectivity index (χ4n) is 2.31. The maximum Gasteiger partial charge on any atom is 0.203 e. The molecule has 3 aromatic rings. The highest BCUT2D eigenvalue weighted by atomic mass is 79.9. The molecule has 0 unspecified atom stereocenters. The summed E-state index contributed by atoms with van der Waals surface area (Å²) in [5, 5.41) is 7.60. The van der Waals surface area contributed by atoms with E-state index in [2.05, 4.69) is 31.4 Å². The highest BCUT2D eigenvalue weighted by molar-refractivity contribution is 9.10. The second-order valence-electron chi connectivity index (χ2n) is 5.60. The lowest BCUT2D eigenvalue weighted by molar-refractivity contribution is 0.295. The van der Waals surface area contributed by atoms with Gasteiger partial charge >= 0.3 is 0 Å². The standard InChI is InChI=1S/C19H17BrClN3O2S/c1-12-11-27-19(23-12)24-22-9-13-3-5-17(25-2)14(7-13)10-26-18-6-4-15(21)8-16(18)20/h3-9,11H,10H2,1-2H3,(H,23,24). The quantitative estimate of drug-likeness (QED) is 0.348. The fourth-order valence-corrected chi connectivity index (χ4v) is 3.74. The van der Waals surface area contributed by atoms with Gasteiger partial charge in [0.15, 0.2) is 0 Å². The van der Waals surface area contributed by atoms with Crippen LogP contribution in [0.1, 0.15) is 16.8 Å². The minimum Gasteiger partial charge on any atom is -0.496 e. The molecule has 27 heavy (non-hydrogen) atoms. The van der Waals surface area contributed by atoms with Crippen LogP contribution in [-0.4, -0.2) is 18.3 Å². The number of methoxy groups -OCH3 is 1. The molecule has 5 nitrogen and oxygen atoms in total.